The summed E-state index contributed by atoms with van der Waals surface area (Å²) in [6.45, 7) is 2.37. The number of halogens is 1. The number of ether oxygens (including phenoxy) is 1. The van der Waals surface area contributed by atoms with Crippen molar-refractivity contribution >= 4 is 21.6 Å². The highest BCUT2D eigenvalue weighted by atomic mass is 32.2. The van der Waals surface area contributed by atoms with Crippen molar-refractivity contribution in [3.05, 3.63) is 90.5 Å². The quantitative estimate of drug-likeness (QED) is 0.384. The molecule has 0 atom stereocenters. The van der Waals surface area contributed by atoms with Gasteiger partial charge in [-0.25, -0.2) is 9.37 Å². The second-order valence-corrected chi connectivity index (χ2v) is 10.2. The fourth-order valence-electron chi connectivity index (χ4n) is 4.20. The van der Waals surface area contributed by atoms with Gasteiger partial charge in [-0.05, 0) is 60.7 Å². The third kappa shape index (κ3) is 4.90. The average Bonchev–Trinajstić information content (AvgIpc) is 3.45. The lowest BCUT2D eigenvalue weighted by molar-refractivity contribution is 0.0746. The van der Waals surface area contributed by atoms with Crippen LogP contribution in [0.5, 0.6) is 5.75 Å². The molecule has 0 saturated carbocycles. The fraction of sp³-hybridized carbons (Fsp3) is 0.192. The first-order valence-corrected chi connectivity index (χ1v) is 13.0. The van der Waals surface area contributed by atoms with E-state index in [9.17, 15) is 17.6 Å². The Kier molecular flexibility index (Phi) is 6.62. The van der Waals surface area contributed by atoms with Crippen LogP contribution in [-0.2, 0) is 10.0 Å². The minimum atomic E-state index is -4.02. The first-order chi connectivity index (χ1) is 17.9. The number of carbonyl (C=O) groups excluding carboxylic acids is 1. The van der Waals surface area contributed by atoms with Crippen LogP contribution in [0.3, 0.4) is 0 Å². The number of benzene rings is 3. The summed E-state index contributed by atoms with van der Waals surface area (Å²) in [4.78, 5) is 21.0. The molecule has 1 aliphatic rings. The number of piperazine rings is 1. The summed E-state index contributed by atoms with van der Waals surface area (Å²) >= 11 is 0. The van der Waals surface area contributed by atoms with Crippen molar-refractivity contribution in [3.63, 3.8) is 0 Å². The highest BCUT2D eigenvalue weighted by Gasteiger charge is 2.25. The van der Waals surface area contributed by atoms with E-state index in [-0.39, 0.29) is 16.6 Å². The summed E-state index contributed by atoms with van der Waals surface area (Å²) in [7, 11) is -2.39. The molecule has 0 radical (unpaired) electrons. The SMILES string of the molecule is COc1ccccc1N1CCN(C(=O)c2ccc(S(=O)(=O)n3cnc(-c4ccc(F)cc4)n3)cc2)CC1. The second kappa shape index (κ2) is 10.0. The van der Waals surface area contributed by atoms with Crippen LogP contribution in [0.4, 0.5) is 10.1 Å². The number of methoxy groups -OCH3 is 1. The van der Waals surface area contributed by atoms with Crippen LogP contribution in [0.1, 0.15) is 10.4 Å². The number of rotatable bonds is 6. The Morgan fingerprint density at radius 2 is 1.59 bits per heavy atom. The van der Waals surface area contributed by atoms with Crippen LogP contribution in [0.15, 0.2) is 84.0 Å². The minimum absolute atomic E-state index is 0.0272. The molecule has 0 aliphatic carbocycles. The van der Waals surface area contributed by atoms with Crippen molar-refractivity contribution < 1.29 is 22.3 Å². The Balaban J connectivity index is 1.26. The molecular formula is C26H24FN5O4S. The molecule has 37 heavy (non-hydrogen) atoms. The van der Waals surface area contributed by atoms with Crippen molar-refractivity contribution in [1.29, 1.82) is 0 Å². The molecule has 5 rings (SSSR count). The summed E-state index contributed by atoms with van der Waals surface area (Å²) in [5.74, 6) is 0.366. The van der Waals surface area contributed by atoms with Crippen LogP contribution in [0.2, 0.25) is 0 Å². The van der Waals surface area contributed by atoms with Gasteiger partial charge in [-0.1, -0.05) is 12.1 Å². The van der Waals surface area contributed by atoms with Gasteiger partial charge in [-0.15, -0.1) is 9.19 Å². The molecule has 1 amide bonds. The van der Waals surface area contributed by atoms with Crippen LogP contribution in [0, 0.1) is 5.82 Å². The molecular weight excluding hydrogens is 497 g/mol. The molecule has 4 aromatic rings. The molecule has 1 fully saturated rings. The predicted octanol–water partition coefficient (Wildman–Crippen LogP) is 3.29. The number of para-hydroxylation sites is 2. The lowest BCUT2D eigenvalue weighted by atomic mass is 10.1. The van der Waals surface area contributed by atoms with Crippen molar-refractivity contribution in [1.82, 2.24) is 19.1 Å². The Hall–Kier alpha value is -4.25. The van der Waals surface area contributed by atoms with Crippen molar-refractivity contribution in [2.75, 3.05) is 38.2 Å². The van der Waals surface area contributed by atoms with Gasteiger partial charge in [0.2, 0.25) is 0 Å². The molecule has 1 aliphatic heterocycles. The summed E-state index contributed by atoms with van der Waals surface area (Å²) < 4.78 is 45.4. The van der Waals surface area contributed by atoms with E-state index in [1.807, 2.05) is 24.3 Å². The number of nitrogens with zero attached hydrogens (tertiary/aromatic N) is 5. The van der Waals surface area contributed by atoms with Gasteiger partial charge in [0.1, 0.15) is 17.9 Å². The third-order valence-electron chi connectivity index (χ3n) is 6.21. The summed E-state index contributed by atoms with van der Waals surface area (Å²) in [5, 5.41) is 4.04. The highest BCUT2D eigenvalue weighted by Crippen LogP contribution is 2.28. The maximum absolute atomic E-state index is 13.2. The van der Waals surface area contributed by atoms with Crippen molar-refractivity contribution in [3.8, 4) is 17.1 Å². The van der Waals surface area contributed by atoms with Gasteiger partial charge in [0, 0.05) is 37.3 Å². The topological polar surface area (TPSA) is 97.6 Å². The third-order valence-corrected chi connectivity index (χ3v) is 7.75. The number of hydrogen-bond acceptors (Lipinski definition) is 7. The van der Waals surface area contributed by atoms with E-state index in [4.69, 9.17) is 4.74 Å². The van der Waals surface area contributed by atoms with E-state index >= 15 is 0 Å². The van der Waals surface area contributed by atoms with Gasteiger partial charge in [0.25, 0.3) is 15.9 Å². The highest BCUT2D eigenvalue weighted by molar-refractivity contribution is 7.89. The van der Waals surface area contributed by atoms with Gasteiger partial charge in [-0.2, -0.15) is 8.42 Å². The number of hydrogen-bond donors (Lipinski definition) is 0. The fourth-order valence-corrected chi connectivity index (χ4v) is 5.25. The van der Waals surface area contributed by atoms with E-state index in [2.05, 4.69) is 15.0 Å². The molecule has 190 valence electrons. The van der Waals surface area contributed by atoms with E-state index in [1.54, 1.807) is 12.0 Å². The number of carbonyl (C=O) groups is 1. The molecule has 3 aromatic carbocycles. The lowest BCUT2D eigenvalue weighted by Crippen LogP contribution is -2.48. The largest absolute Gasteiger partial charge is 0.495 e. The van der Waals surface area contributed by atoms with E-state index in [0.717, 1.165) is 21.9 Å². The summed E-state index contributed by atoms with van der Waals surface area (Å²) in [6.07, 6.45) is 1.09. The van der Waals surface area contributed by atoms with Gasteiger partial charge in [-0.3, -0.25) is 4.79 Å². The first kappa shape index (κ1) is 24.4. The monoisotopic (exact) mass is 521 g/mol. The van der Waals surface area contributed by atoms with Gasteiger partial charge >= 0.3 is 0 Å². The second-order valence-electron chi connectivity index (χ2n) is 8.43. The minimum Gasteiger partial charge on any atom is -0.495 e. The maximum atomic E-state index is 13.2. The summed E-state index contributed by atoms with van der Waals surface area (Å²) in [5.41, 5.74) is 1.87. The number of aromatic nitrogens is 3. The average molecular weight is 522 g/mol. The standard InChI is InChI=1S/C26H24FN5O4S/c1-36-24-5-3-2-4-23(24)30-14-16-31(17-15-30)26(33)20-8-12-22(13-9-20)37(34,35)32-18-28-25(29-32)19-6-10-21(27)11-7-19/h2-13,18H,14-17H2,1H3. The molecule has 0 spiro atoms. The Morgan fingerprint density at radius 3 is 2.27 bits per heavy atom. The lowest BCUT2D eigenvalue weighted by Gasteiger charge is -2.36. The van der Waals surface area contributed by atoms with Crippen LogP contribution in [0.25, 0.3) is 11.4 Å². The number of amides is 1. The zero-order chi connectivity index (χ0) is 26.0. The Bertz CT molecular complexity index is 1510. The smallest absolute Gasteiger partial charge is 0.284 e. The van der Waals surface area contributed by atoms with Gasteiger partial charge in [0.05, 0.1) is 17.7 Å². The Labute approximate surface area is 213 Å². The Morgan fingerprint density at radius 1 is 0.919 bits per heavy atom. The molecule has 1 saturated heterocycles. The molecule has 0 N–H and O–H groups in total. The first-order valence-electron chi connectivity index (χ1n) is 11.6. The zero-order valence-corrected chi connectivity index (χ0v) is 20.8. The van der Waals surface area contributed by atoms with E-state index in [1.165, 1.54) is 48.5 Å². The van der Waals surface area contributed by atoms with Gasteiger partial charge in [0.15, 0.2) is 5.82 Å². The van der Waals surface area contributed by atoms with E-state index < -0.39 is 15.8 Å². The van der Waals surface area contributed by atoms with Crippen molar-refractivity contribution in [2.45, 2.75) is 4.90 Å². The van der Waals surface area contributed by atoms with Crippen LogP contribution >= 0.6 is 0 Å². The maximum Gasteiger partial charge on any atom is 0.284 e. The molecule has 2 heterocycles. The van der Waals surface area contributed by atoms with Crippen molar-refractivity contribution in [2.24, 2.45) is 0 Å². The van der Waals surface area contributed by atoms with Crippen LogP contribution < -0.4 is 9.64 Å². The van der Waals surface area contributed by atoms with Crippen LogP contribution in [-0.4, -0.2) is 66.7 Å². The molecule has 11 heteroatoms. The van der Waals surface area contributed by atoms with Gasteiger partial charge < -0.3 is 14.5 Å². The normalized spacial score (nSPS) is 14.0. The predicted molar refractivity (Wildman–Crippen MR) is 136 cm³/mol. The molecule has 1 aromatic heterocycles. The number of anilines is 1. The van der Waals surface area contributed by atoms with E-state index in [0.29, 0.717) is 37.3 Å². The summed E-state index contributed by atoms with van der Waals surface area (Å²) in [6, 6.07) is 19.0. The molecule has 0 bridgehead atoms. The molecule has 9 nitrogen and oxygen atoms in total. The zero-order valence-electron chi connectivity index (χ0n) is 20.0. The molecule has 0 unspecified atom stereocenters.